The summed E-state index contributed by atoms with van der Waals surface area (Å²) in [6, 6.07) is 2.93. The van der Waals surface area contributed by atoms with Crippen LogP contribution in [0.5, 0.6) is 0 Å². The fraction of sp³-hybridized carbons (Fsp3) is 0.625. The van der Waals surface area contributed by atoms with Crippen LogP contribution in [-0.4, -0.2) is 6.04 Å². The van der Waals surface area contributed by atoms with E-state index < -0.39 is 11.6 Å². The van der Waals surface area contributed by atoms with Gasteiger partial charge in [0.15, 0.2) is 0 Å². The van der Waals surface area contributed by atoms with Crippen molar-refractivity contribution in [2.75, 3.05) is 5.32 Å². The van der Waals surface area contributed by atoms with Gasteiger partial charge in [0.2, 0.25) is 0 Å². The topological polar surface area (TPSA) is 12.0 Å². The molecule has 0 atom stereocenters. The molecule has 0 heterocycles. The van der Waals surface area contributed by atoms with Gasteiger partial charge in [0.05, 0.1) is 0 Å². The van der Waals surface area contributed by atoms with Gasteiger partial charge in [-0.25, -0.2) is 8.78 Å². The zero-order valence-corrected chi connectivity index (χ0v) is 12.8. The Kier molecular flexibility index (Phi) is 3.06. The van der Waals surface area contributed by atoms with Gasteiger partial charge in [-0.1, -0.05) is 15.9 Å². The van der Waals surface area contributed by atoms with Gasteiger partial charge < -0.3 is 5.32 Å². The van der Waals surface area contributed by atoms with Crippen molar-refractivity contribution in [1.29, 1.82) is 0 Å². The molecule has 4 fully saturated rings. The van der Waals surface area contributed by atoms with Crippen molar-refractivity contribution < 1.29 is 8.78 Å². The quantitative estimate of drug-likeness (QED) is 0.801. The average molecular weight is 342 g/mol. The summed E-state index contributed by atoms with van der Waals surface area (Å²) in [5, 5.41) is 3.22. The molecule has 4 saturated carbocycles. The van der Waals surface area contributed by atoms with E-state index in [4.69, 9.17) is 0 Å². The molecule has 0 saturated heterocycles. The fourth-order valence-corrected chi connectivity index (χ4v) is 5.41. The van der Waals surface area contributed by atoms with Crippen LogP contribution in [0.25, 0.3) is 0 Å². The van der Waals surface area contributed by atoms with E-state index >= 15 is 0 Å². The molecule has 0 amide bonds. The largest absolute Gasteiger partial charge is 0.377 e. The molecule has 1 nitrogen and oxygen atoms in total. The molecule has 20 heavy (non-hydrogen) atoms. The van der Waals surface area contributed by atoms with Crippen LogP contribution in [0.3, 0.4) is 0 Å². The zero-order chi connectivity index (χ0) is 13.9. The van der Waals surface area contributed by atoms with Crippen molar-refractivity contribution >= 4 is 21.6 Å². The lowest BCUT2D eigenvalue weighted by Gasteiger charge is -2.54. The minimum Gasteiger partial charge on any atom is -0.377 e. The molecule has 4 aliphatic carbocycles. The molecule has 0 aliphatic heterocycles. The third-order valence-electron chi connectivity index (χ3n) is 5.54. The van der Waals surface area contributed by atoms with Crippen LogP contribution < -0.4 is 5.32 Å². The first-order valence-corrected chi connectivity index (χ1v) is 8.30. The van der Waals surface area contributed by atoms with Crippen LogP contribution in [0.15, 0.2) is 16.6 Å². The lowest BCUT2D eigenvalue weighted by molar-refractivity contribution is 0.00734. The minimum atomic E-state index is -0.495. The second-order valence-electron chi connectivity index (χ2n) is 6.85. The molecule has 1 aromatic carbocycles. The molecule has 1 aromatic rings. The van der Waals surface area contributed by atoms with Crippen molar-refractivity contribution in [3.63, 3.8) is 0 Å². The van der Waals surface area contributed by atoms with Gasteiger partial charge in [-0.3, -0.25) is 0 Å². The normalized spacial score (nSPS) is 38.2. The average Bonchev–Trinajstić information content (AvgIpc) is 2.35. The molecular formula is C16H18BrF2N. The molecule has 1 N–H and O–H groups in total. The Hall–Kier alpha value is -0.640. The van der Waals surface area contributed by atoms with Gasteiger partial charge in [-0.05, 0) is 67.9 Å². The van der Waals surface area contributed by atoms with Crippen LogP contribution in [-0.2, 0) is 0 Å². The Morgan fingerprint density at radius 1 is 0.900 bits per heavy atom. The Bertz CT molecular complexity index is 494. The number of hydrogen-bond donors (Lipinski definition) is 1. The van der Waals surface area contributed by atoms with Crippen LogP contribution >= 0.6 is 15.9 Å². The van der Waals surface area contributed by atoms with E-state index in [0.717, 1.165) is 11.8 Å². The summed E-state index contributed by atoms with van der Waals surface area (Å²) in [4.78, 5) is 0. The van der Waals surface area contributed by atoms with Crippen molar-refractivity contribution in [3.8, 4) is 0 Å². The first-order chi connectivity index (χ1) is 9.60. The van der Waals surface area contributed by atoms with Crippen LogP contribution in [0.1, 0.15) is 32.1 Å². The monoisotopic (exact) mass is 341 g/mol. The summed E-state index contributed by atoms with van der Waals surface area (Å²) < 4.78 is 28.4. The summed E-state index contributed by atoms with van der Waals surface area (Å²) in [7, 11) is 0. The Labute approximate surface area is 126 Å². The fourth-order valence-electron chi connectivity index (χ4n) is 5.01. The number of rotatable bonds is 2. The number of benzene rings is 1. The Morgan fingerprint density at radius 2 is 1.40 bits per heavy atom. The molecule has 0 radical (unpaired) electrons. The van der Waals surface area contributed by atoms with E-state index in [1.165, 1.54) is 44.2 Å². The smallest absolute Gasteiger partial charge is 0.150 e. The number of hydrogen-bond acceptors (Lipinski definition) is 1. The highest BCUT2D eigenvalue weighted by Gasteiger charge is 2.48. The molecular weight excluding hydrogens is 324 g/mol. The summed E-state index contributed by atoms with van der Waals surface area (Å²) in [5.41, 5.74) is 0.0608. The molecule has 4 bridgehead atoms. The van der Waals surface area contributed by atoms with Crippen LogP contribution in [0, 0.1) is 35.3 Å². The predicted molar refractivity (Wildman–Crippen MR) is 78.5 cm³/mol. The van der Waals surface area contributed by atoms with E-state index in [0.29, 0.717) is 16.3 Å². The van der Waals surface area contributed by atoms with Gasteiger partial charge in [0.1, 0.15) is 17.3 Å². The van der Waals surface area contributed by atoms with E-state index in [2.05, 4.69) is 21.2 Å². The van der Waals surface area contributed by atoms with Gasteiger partial charge in [0.25, 0.3) is 0 Å². The SMILES string of the molecule is Fc1cc(Br)cc(F)c1NC1C2CC3CC(C2)CC1C3. The molecule has 4 aliphatic rings. The van der Waals surface area contributed by atoms with Crippen molar-refractivity contribution in [3.05, 3.63) is 28.2 Å². The molecule has 0 unspecified atom stereocenters. The number of halogens is 3. The molecule has 108 valence electrons. The highest BCUT2D eigenvalue weighted by atomic mass is 79.9. The summed E-state index contributed by atoms with van der Waals surface area (Å²) in [6.07, 6.45) is 6.35. The molecule has 4 heteroatoms. The predicted octanol–water partition coefficient (Wildman–Crippen LogP) is 4.96. The maximum Gasteiger partial charge on any atom is 0.150 e. The maximum atomic E-state index is 14.0. The van der Waals surface area contributed by atoms with Gasteiger partial charge >= 0.3 is 0 Å². The highest BCUT2D eigenvalue weighted by molar-refractivity contribution is 9.10. The number of nitrogens with one attached hydrogen (secondary N) is 1. The summed E-state index contributed by atoms with van der Waals surface area (Å²) in [5.74, 6) is 1.96. The number of anilines is 1. The van der Waals surface area contributed by atoms with Crippen LogP contribution in [0.2, 0.25) is 0 Å². The van der Waals surface area contributed by atoms with Gasteiger partial charge in [-0.2, -0.15) is 0 Å². The summed E-state index contributed by atoms with van der Waals surface area (Å²) >= 11 is 3.13. The molecule has 5 rings (SSSR count). The first-order valence-electron chi connectivity index (χ1n) is 7.51. The Morgan fingerprint density at radius 3 is 1.90 bits per heavy atom. The van der Waals surface area contributed by atoms with Crippen molar-refractivity contribution in [1.82, 2.24) is 0 Å². The second-order valence-corrected chi connectivity index (χ2v) is 7.76. The summed E-state index contributed by atoms with van der Waals surface area (Å²) in [6.45, 7) is 0. The molecule has 0 aromatic heterocycles. The molecule has 0 spiro atoms. The third kappa shape index (κ3) is 2.07. The highest BCUT2D eigenvalue weighted by Crippen LogP contribution is 2.54. The lowest BCUT2D eigenvalue weighted by Crippen LogP contribution is -2.51. The second kappa shape index (κ2) is 4.69. The first kappa shape index (κ1) is 13.1. The lowest BCUT2D eigenvalue weighted by atomic mass is 9.54. The third-order valence-corrected chi connectivity index (χ3v) is 6.00. The van der Waals surface area contributed by atoms with Gasteiger partial charge in [-0.15, -0.1) is 0 Å². The van der Waals surface area contributed by atoms with Crippen LogP contribution in [0.4, 0.5) is 14.5 Å². The van der Waals surface area contributed by atoms with Crippen molar-refractivity contribution in [2.45, 2.75) is 38.1 Å². The maximum absolute atomic E-state index is 14.0. The minimum absolute atomic E-state index is 0.0608. The van der Waals surface area contributed by atoms with E-state index in [1.807, 2.05) is 0 Å². The van der Waals surface area contributed by atoms with E-state index in [9.17, 15) is 8.78 Å². The zero-order valence-electron chi connectivity index (χ0n) is 11.2. The standard InChI is InChI=1S/C16H18BrF2N/c17-12-6-13(18)16(14(19)7-12)20-15-10-2-8-1-9(4-10)5-11(15)3-8/h6-11,15,20H,1-5H2. The van der Waals surface area contributed by atoms with E-state index in [1.54, 1.807) is 0 Å². The van der Waals surface area contributed by atoms with Crippen molar-refractivity contribution in [2.24, 2.45) is 23.7 Å². The van der Waals surface area contributed by atoms with Gasteiger partial charge in [0, 0.05) is 10.5 Å². The Balaban J connectivity index is 1.61. The van der Waals surface area contributed by atoms with E-state index in [-0.39, 0.29) is 11.7 Å².